The highest BCUT2D eigenvalue weighted by molar-refractivity contribution is 5.41. The monoisotopic (exact) mass is 210 g/mol. The predicted molar refractivity (Wildman–Crippen MR) is 61.0 cm³/mol. The van der Waals surface area contributed by atoms with E-state index in [1.54, 1.807) is 12.3 Å². The Morgan fingerprint density at radius 1 is 1.47 bits per heavy atom. The molecule has 0 radical (unpaired) electrons. The lowest BCUT2D eigenvalue weighted by Crippen LogP contribution is -2.35. The molecule has 0 saturated carbocycles. The molecular weight excluding hydrogens is 192 g/mol. The van der Waals surface area contributed by atoms with Crippen molar-refractivity contribution in [2.45, 2.75) is 26.3 Å². The van der Waals surface area contributed by atoms with Crippen molar-refractivity contribution in [1.82, 2.24) is 9.97 Å². The Hall–Kier alpha value is -1.36. The first-order valence-corrected chi connectivity index (χ1v) is 5.03. The van der Waals surface area contributed by atoms with E-state index in [4.69, 9.17) is 5.11 Å². The van der Waals surface area contributed by atoms with E-state index in [1.165, 1.54) is 0 Å². The van der Waals surface area contributed by atoms with Gasteiger partial charge in [0.2, 0.25) is 5.95 Å². The number of nitrogens with zero attached hydrogens (tertiary/aromatic N) is 2. The van der Waals surface area contributed by atoms with E-state index in [0.717, 1.165) is 6.54 Å². The first kappa shape index (κ1) is 11.7. The average Bonchev–Trinajstić information content (AvgIpc) is 2.18. The molecule has 15 heavy (non-hydrogen) atoms. The number of hydrogen-bond acceptors (Lipinski definition) is 5. The highest BCUT2D eigenvalue weighted by Crippen LogP contribution is 2.12. The van der Waals surface area contributed by atoms with Gasteiger partial charge in [0.05, 0.1) is 12.1 Å². The van der Waals surface area contributed by atoms with Gasteiger partial charge in [0.25, 0.3) is 0 Å². The number of hydrogen-bond donors (Lipinski definition) is 3. The van der Waals surface area contributed by atoms with Crippen molar-refractivity contribution in [3.8, 4) is 0 Å². The molecule has 0 aromatic carbocycles. The van der Waals surface area contributed by atoms with Crippen LogP contribution in [0.4, 0.5) is 11.8 Å². The van der Waals surface area contributed by atoms with E-state index >= 15 is 0 Å². The molecule has 5 nitrogen and oxygen atoms in total. The van der Waals surface area contributed by atoms with Crippen LogP contribution in [0.5, 0.6) is 0 Å². The van der Waals surface area contributed by atoms with Crippen LogP contribution in [-0.2, 0) is 0 Å². The first-order valence-electron chi connectivity index (χ1n) is 5.03. The number of rotatable bonds is 5. The molecule has 0 amide bonds. The van der Waals surface area contributed by atoms with Crippen molar-refractivity contribution in [3.05, 3.63) is 12.3 Å². The highest BCUT2D eigenvalue weighted by atomic mass is 16.3. The van der Waals surface area contributed by atoms with Crippen LogP contribution in [0, 0.1) is 0 Å². The van der Waals surface area contributed by atoms with Gasteiger partial charge in [0.1, 0.15) is 5.82 Å². The van der Waals surface area contributed by atoms with Crippen LogP contribution >= 0.6 is 0 Å². The molecule has 0 fully saturated rings. The minimum Gasteiger partial charge on any atom is -0.394 e. The van der Waals surface area contributed by atoms with Crippen LogP contribution < -0.4 is 10.6 Å². The zero-order valence-corrected chi connectivity index (χ0v) is 9.41. The van der Waals surface area contributed by atoms with Crippen LogP contribution in [-0.4, -0.2) is 33.8 Å². The van der Waals surface area contributed by atoms with Gasteiger partial charge in [0.15, 0.2) is 0 Å². The topological polar surface area (TPSA) is 70.1 Å². The zero-order valence-electron chi connectivity index (χ0n) is 9.41. The summed E-state index contributed by atoms with van der Waals surface area (Å²) < 4.78 is 0. The summed E-state index contributed by atoms with van der Waals surface area (Å²) in [7, 11) is 0. The molecule has 1 aromatic rings. The van der Waals surface area contributed by atoms with Gasteiger partial charge in [-0.1, -0.05) is 0 Å². The lowest BCUT2D eigenvalue weighted by atomic mass is 10.1. The standard InChI is InChI=1S/C10H18N4O/c1-4-11-9-12-6-5-8(13-9)14-10(2,3)7-15/h5-6,15H,4,7H2,1-3H3,(H2,11,12,13,14). The van der Waals surface area contributed by atoms with E-state index in [2.05, 4.69) is 20.6 Å². The van der Waals surface area contributed by atoms with Crippen molar-refractivity contribution >= 4 is 11.8 Å². The summed E-state index contributed by atoms with van der Waals surface area (Å²) in [6.07, 6.45) is 1.68. The molecule has 0 unspecified atom stereocenters. The fourth-order valence-electron chi connectivity index (χ4n) is 1.06. The zero-order chi connectivity index (χ0) is 11.3. The van der Waals surface area contributed by atoms with Crippen LogP contribution in [0.25, 0.3) is 0 Å². The fourth-order valence-corrected chi connectivity index (χ4v) is 1.06. The van der Waals surface area contributed by atoms with E-state index in [-0.39, 0.29) is 12.1 Å². The molecule has 3 N–H and O–H groups in total. The van der Waals surface area contributed by atoms with E-state index < -0.39 is 0 Å². The number of aliphatic hydroxyl groups excluding tert-OH is 1. The van der Waals surface area contributed by atoms with Gasteiger partial charge in [-0.2, -0.15) is 4.98 Å². The summed E-state index contributed by atoms with van der Waals surface area (Å²) in [6.45, 7) is 6.63. The van der Waals surface area contributed by atoms with Crippen molar-refractivity contribution in [2.75, 3.05) is 23.8 Å². The van der Waals surface area contributed by atoms with Crippen LogP contribution in [0.15, 0.2) is 12.3 Å². The third-order valence-corrected chi connectivity index (χ3v) is 1.85. The third kappa shape index (κ3) is 3.71. The molecule has 0 saturated heterocycles. The van der Waals surface area contributed by atoms with E-state index in [9.17, 15) is 0 Å². The van der Waals surface area contributed by atoms with E-state index in [0.29, 0.717) is 11.8 Å². The largest absolute Gasteiger partial charge is 0.394 e. The maximum atomic E-state index is 9.11. The molecular formula is C10H18N4O. The van der Waals surface area contributed by atoms with Gasteiger partial charge < -0.3 is 15.7 Å². The third-order valence-electron chi connectivity index (χ3n) is 1.85. The molecule has 1 aromatic heterocycles. The molecule has 0 bridgehead atoms. The van der Waals surface area contributed by atoms with Crippen LogP contribution in [0.3, 0.4) is 0 Å². The minimum absolute atomic E-state index is 0.0491. The fraction of sp³-hybridized carbons (Fsp3) is 0.600. The maximum Gasteiger partial charge on any atom is 0.224 e. The summed E-state index contributed by atoms with van der Waals surface area (Å²) in [5.74, 6) is 1.30. The Bertz CT molecular complexity index is 314. The molecule has 0 aliphatic heterocycles. The number of anilines is 2. The Kier molecular flexibility index (Phi) is 3.85. The van der Waals surface area contributed by atoms with Crippen LogP contribution in [0.2, 0.25) is 0 Å². The van der Waals surface area contributed by atoms with Crippen molar-refractivity contribution in [2.24, 2.45) is 0 Å². The second kappa shape index (κ2) is 4.93. The summed E-state index contributed by atoms with van der Waals surface area (Å²) in [5, 5.41) is 15.3. The van der Waals surface area contributed by atoms with Gasteiger partial charge >= 0.3 is 0 Å². The molecule has 0 atom stereocenters. The number of nitrogens with one attached hydrogen (secondary N) is 2. The summed E-state index contributed by atoms with van der Waals surface area (Å²) >= 11 is 0. The van der Waals surface area contributed by atoms with Crippen molar-refractivity contribution < 1.29 is 5.11 Å². The molecule has 0 aliphatic rings. The second-order valence-electron chi connectivity index (χ2n) is 3.96. The minimum atomic E-state index is -0.377. The van der Waals surface area contributed by atoms with Crippen LogP contribution in [0.1, 0.15) is 20.8 Å². The first-order chi connectivity index (χ1) is 7.07. The van der Waals surface area contributed by atoms with E-state index in [1.807, 2.05) is 20.8 Å². The summed E-state index contributed by atoms with van der Waals surface area (Å²) in [5.41, 5.74) is -0.377. The maximum absolute atomic E-state index is 9.11. The molecule has 1 heterocycles. The Morgan fingerprint density at radius 2 is 2.20 bits per heavy atom. The lowest BCUT2D eigenvalue weighted by molar-refractivity contribution is 0.234. The number of aliphatic hydroxyl groups is 1. The lowest BCUT2D eigenvalue weighted by Gasteiger charge is -2.24. The molecule has 0 aliphatic carbocycles. The smallest absolute Gasteiger partial charge is 0.224 e. The van der Waals surface area contributed by atoms with Crippen molar-refractivity contribution in [3.63, 3.8) is 0 Å². The molecule has 84 valence electrons. The number of aromatic nitrogens is 2. The van der Waals surface area contributed by atoms with Gasteiger partial charge in [-0.3, -0.25) is 0 Å². The quantitative estimate of drug-likeness (QED) is 0.678. The molecule has 5 heteroatoms. The van der Waals surface area contributed by atoms with Gasteiger partial charge in [-0.25, -0.2) is 4.98 Å². The van der Waals surface area contributed by atoms with Gasteiger partial charge in [-0.05, 0) is 26.8 Å². The molecule has 1 rings (SSSR count). The Labute approximate surface area is 90.0 Å². The normalized spacial score (nSPS) is 11.2. The Balaban J connectivity index is 2.73. The van der Waals surface area contributed by atoms with Gasteiger partial charge in [0, 0.05) is 12.7 Å². The van der Waals surface area contributed by atoms with Crippen molar-refractivity contribution in [1.29, 1.82) is 0 Å². The highest BCUT2D eigenvalue weighted by Gasteiger charge is 2.16. The summed E-state index contributed by atoms with van der Waals surface area (Å²) in [6, 6.07) is 1.78. The van der Waals surface area contributed by atoms with Gasteiger partial charge in [-0.15, -0.1) is 0 Å². The predicted octanol–water partition coefficient (Wildman–Crippen LogP) is 1.09. The average molecular weight is 210 g/mol. The second-order valence-corrected chi connectivity index (χ2v) is 3.96. The summed E-state index contributed by atoms with van der Waals surface area (Å²) in [4.78, 5) is 8.31. The Morgan fingerprint density at radius 3 is 2.80 bits per heavy atom. The SMILES string of the molecule is CCNc1nccc(NC(C)(C)CO)n1. The molecule has 0 spiro atoms.